The molecule has 0 aliphatic carbocycles. The molecule has 5 heteroatoms. The van der Waals surface area contributed by atoms with Crippen molar-refractivity contribution in [3.8, 4) is 0 Å². The molecule has 0 saturated carbocycles. The average molecular weight is 214 g/mol. The number of rotatable bonds is 3. The summed E-state index contributed by atoms with van der Waals surface area (Å²) in [6.45, 7) is 0.918. The van der Waals surface area contributed by atoms with Crippen LogP contribution in [0.15, 0.2) is 0 Å². The maximum atomic E-state index is 11.7. The number of hydrogen-bond donors (Lipinski definition) is 2. The summed E-state index contributed by atoms with van der Waals surface area (Å²) in [6.07, 6.45) is 3.70. The van der Waals surface area contributed by atoms with E-state index in [0.29, 0.717) is 13.0 Å². The molecular formula is C10H18N2O3. The number of likely N-dealkylation sites (tertiary alicyclic amines) is 1. The third-order valence-corrected chi connectivity index (χ3v) is 2.67. The van der Waals surface area contributed by atoms with Gasteiger partial charge in [0.15, 0.2) is 0 Å². The van der Waals surface area contributed by atoms with Crippen LogP contribution < -0.4 is 5.73 Å². The normalized spacial score (nSPS) is 23.4. The molecule has 1 aliphatic rings. The van der Waals surface area contributed by atoms with Gasteiger partial charge in [-0.3, -0.25) is 9.59 Å². The predicted octanol–water partition coefficient (Wildman–Crippen LogP) is 0.191. The quantitative estimate of drug-likeness (QED) is 0.702. The topological polar surface area (TPSA) is 83.6 Å². The van der Waals surface area contributed by atoms with E-state index in [1.807, 2.05) is 0 Å². The standard InChI is InChI=1S/C10H18N2O3/c11-8-4-2-1-3-6-12(10(8)15)7-5-9(13)14/h8H,1-7,11H2,(H,13,14). The van der Waals surface area contributed by atoms with Crippen molar-refractivity contribution in [2.24, 2.45) is 5.73 Å². The van der Waals surface area contributed by atoms with Crippen molar-refractivity contribution in [2.45, 2.75) is 38.1 Å². The number of hydrogen-bond acceptors (Lipinski definition) is 3. The molecule has 1 aliphatic heterocycles. The van der Waals surface area contributed by atoms with Crippen LogP contribution in [-0.4, -0.2) is 41.0 Å². The van der Waals surface area contributed by atoms with E-state index in [0.717, 1.165) is 19.3 Å². The van der Waals surface area contributed by atoms with Crippen LogP contribution in [0.1, 0.15) is 32.1 Å². The Labute approximate surface area is 89.2 Å². The van der Waals surface area contributed by atoms with Crippen molar-refractivity contribution in [2.75, 3.05) is 13.1 Å². The Hall–Kier alpha value is -1.10. The molecule has 0 radical (unpaired) electrons. The summed E-state index contributed by atoms with van der Waals surface area (Å²) in [6, 6.07) is -0.445. The fourth-order valence-electron chi connectivity index (χ4n) is 1.76. The Morgan fingerprint density at radius 2 is 2.20 bits per heavy atom. The fourth-order valence-corrected chi connectivity index (χ4v) is 1.76. The van der Waals surface area contributed by atoms with Gasteiger partial charge in [0.2, 0.25) is 5.91 Å². The minimum atomic E-state index is -0.876. The molecule has 0 aromatic rings. The summed E-state index contributed by atoms with van der Waals surface area (Å²) < 4.78 is 0. The van der Waals surface area contributed by atoms with Crippen molar-refractivity contribution in [3.05, 3.63) is 0 Å². The minimum absolute atomic E-state index is 0.00153. The number of carboxylic acid groups (broad SMARTS) is 1. The lowest BCUT2D eigenvalue weighted by atomic mass is 10.0. The Bertz CT molecular complexity index is 243. The first-order chi connectivity index (χ1) is 7.11. The lowest BCUT2D eigenvalue weighted by Crippen LogP contribution is -2.45. The van der Waals surface area contributed by atoms with E-state index in [4.69, 9.17) is 10.8 Å². The van der Waals surface area contributed by atoms with E-state index >= 15 is 0 Å². The molecule has 3 N–H and O–H groups in total. The van der Waals surface area contributed by atoms with Crippen LogP contribution in [-0.2, 0) is 9.59 Å². The number of nitrogens with zero attached hydrogens (tertiary/aromatic N) is 1. The van der Waals surface area contributed by atoms with Crippen molar-refractivity contribution < 1.29 is 14.7 Å². The van der Waals surface area contributed by atoms with Crippen LogP contribution in [0.2, 0.25) is 0 Å². The third-order valence-electron chi connectivity index (χ3n) is 2.67. The molecule has 1 amide bonds. The first-order valence-corrected chi connectivity index (χ1v) is 5.37. The minimum Gasteiger partial charge on any atom is -0.481 e. The Kier molecular flexibility index (Phi) is 4.55. The fraction of sp³-hybridized carbons (Fsp3) is 0.800. The van der Waals surface area contributed by atoms with Crippen LogP contribution in [0, 0.1) is 0 Å². The molecule has 0 bridgehead atoms. The van der Waals surface area contributed by atoms with E-state index in [9.17, 15) is 9.59 Å². The number of nitrogens with two attached hydrogens (primary N) is 1. The van der Waals surface area contributed by atoms with Gasteiger partial charge in [0.05, 0.1) is 12.5 Å². The van der Waals surface area contributed by atoms with Gasteiger partial charge in [-0.25, -0.2) is 0 Å². The summed E-state index contributed by atoms with van der Waals surface area (Å²) >= 11 is 0. The summed E-state index contributed by atoms with van der Waals surface area (Å²) in [4.78, 5) is 23.7. The largest absolute Gasteiger partial charge is 0.481 e. The van der Waals surface area contributed by atoms with Crippen molar-refractivity contribution in [1.82, 2.24) is 4.90 Å². The van der Waals surface area contributed by atoms with Crippen molar-refractivity contribution >= 4 is 11.9 Å². The molecule has 5 nitrogen and oxygen atoms in total. The number of carbonyl (C=O) groups is 2. The summed E-state index contributed by atoms with van der Waals surface area (Å²) in [5.74, 6) is -0.977. The van der Waals surface area contributed by atoms with Gasteiger partial charge in [0, 0.05) is 13.1 Å². The van der Waals surface area contributed by atoms with E-state index in [2.05, 4.69) is 0 Å². The van der Waals surface area contributed by atoms with Crippen LogP contribution in [0.4, 0.5) is 0 Å². The molecular weight excluding hydrogens is 196 g/mol. The molecule has 1 atom stereocenters. The second-order valence-corrected chi connectivity index (χ2v) is 3.92. The Balaban J connectivity index is 2.49. The molecule has 15 heavy (non-hydrogen) atoms. The molecule has 1 unspecified atom stereocenters. The highest BCUT2D eigenvalue weighted by atomic mass is 16.4. The lowest BCUT2D eigenvalue weighted by Gasteiger charge is -2.27. The highest BCUT2D eigenvalue weighted by Gasteiger charge is 2.22. The molecule has 0 aromatic carbocycles. The highest BCUT2D eigenvalue weighted by Crippen LogP contribution is 2.11. The number of carbonyl (C=O) groups excluding carboxylic acids is 1. The van der Waals surface area contributed by atoms with Gasteiger partial charge in [-0.05, 0) is 12.8 Å². The number of carboxylic acids is 1. The van der Waals surface area contributed by atoms with Crippen molar-refractivity contribution in [3.63, 3.8) is 0 Å². The SMILES string of the molecule is NC1CCCCCN(CCC(=O)O)C1=O. The molecule has 1 heterocycles. The summed E-state index contributed by atoms with van der Waals surface area (Å²) in [5, 5.41) is 8.55. The predicted molar refractivity (Wildman–Crippen MR) is 55.3 cm³/mol. The van der Waals surface area contributed by atoms with Crippen LogP contribution in [0.25, 0.3) is 0 Å². The number of amides is 1. The molecule has 1 fully saturated rings. The van der Waals surface area contributed by atoms with Gasteiger partial charge >= 0.3 is 5.97 Å². The van der Waals surface area contributed by atoms with E-state index in [1.165, 1.54) is 0 Å². The molecule has 1 saturated heterocycles. The molecule has 1 rings (SSSR count). The van der Waals surface area contributed by atoms with Gasteiger partial charge in [0.1, 0.15) is 0 Å². The van der Waals surface area contributed by atoms with Gasteiger partial charge in [0.25, 0.3) is 0 Å². The van der Waals surface area contributed by atoms with Crippen LogP contribution in [0.3, 0.4) is 0 Å². The van der Waals surface area contributed by atoms with Gasteiger partial charge in [-0.2, -0.15) is 0 Å². The average Bonchev–Trinajstić information content (AvgIpc) is 2.18. The Morgan fingerprint density at radius 3 is 2.87 bits per heavy atom. The summed E-state index contributed by atoms with van der Waals surface area (Å²) in [7, 11) is 0. The van der Waals surface area contributed by atoms with E-state index in [1.54, 1.807) is 4.90 Å². The second kappa shape index (κ2) is 5.70. The van der Waals surface area contributed by atoms with Gasteiger partial charge in [-0.15, -0.1) is 0 Å². The number of aliphatic carboxylic acids is 1. The van der Waals surface area contributed by atoms with E-state index in [-0.39, 0.29) is 18.9 Å². The second-order valence-electron chi connectivity index (χ2n) is 3.92. The van der Waals surface area contributed by atoms with Gasteiger partial charge < -0.3 is 15.7 Å². The molecule has 0 spiro atoms. The zero-order valence-electron chi connectivity index (χ0n) is 8.82. The zero-order chi connectivity index (χ0) is 11.3. The van der Waals surface area contributed by atoms with Gasteiger partial charge in [-0.1, -0.05) is 12.8 Å². The maximum absolute atomic E-state index is 11.7. The van der Waals surface area contributed by atoms with Crippen LogP contribution >= 0.6 is 0 Å². The smallest absolute Gasteiger partial charge is 0.305 e. The zero-order valence-corrected chi connectivity index (χ0v) is 8.82. The Morgan fingerprint density at radius 1 is 1.47 bits per heavy atom. The lowest BCUT2D eigenvalue weighted by molar-refractivity contribution is -0.139. The van der Waals surface area contributed by atoms with E-state index < -0.39 is 12.0 Å². The molecule has 0 aromatic heterocycles. The third kappa shape index (κ3) is 3.87. The summed E-state index contributed by atoms with van der Waals surface area (Å²) in [5.41, 5.74) is 5.71. The van der Waals surface area contributed by atoms with Crippen molar-refractivity contribution in [1.29, 1.82) is 0 Å². The van der Waals surface area contributed by atoms with Crippen LogP contribution in [0.5, 0.6) is 0 Å². The maximum Gasteiger partial charge on any atom is 0.305 e. The monoisotopic (exact) mass is 214 g/mol. The highest BCUT2D eigenvalue weighted by molar-refractivity contribution is 5.82. The first-order valence-electron chi connectivity index (χ1n) is 5.37. The molecule has 86 valence electrons. The first kappa shape index (κ1) is 12.0.